The van der Waals surface area contributed by atoms with Gasteiger partial charge in [-0.05, 0) is 35.8 Å². The number of thiocarbonyl (C=S) groups is 1. The zero-order valence-electron chi connectivity index (χ0n) is 12.6. The number of non-ortho nitro benzene ring substituents is 1. The molecule has 0 unspecified atom stereocenters. The van der Waals surface area contributed by atoms with Gasteiger partial charge in [-0.15, -0.1) is 11.3 Å². The van der Waals surface area contributed by atoms with Gasteiger partial charge in [0.1, 0.15) is 5.69 Å². The molecule has 26 heavy (non-hydrogen) atoms. The van der Waals surface area contributed by atoms with E-state index in [9.17, 15) is 25.0 Å². The Labute approximate surface area is 159 Å². The summed E-state index contributed by atoms with van der Waals surface area (Å²) in [5.74, 6) is -0.457. The number of hydrazine groups is 1. The molecule has 12 heteroatoms. The minimum atomic E-state index is -0.769. The molecule has 0 spiro atoms. The summed E-state index contributed by atoms with van der Waals surface area (Å²) in [6, 6.07) is 6.77. The molecule has 2 aromatic rings. The van der Waals surface area contributed by atoms with E-state index in [1.54, 1.807) is 6.08 Å². The van der Waals surface area contributed by atoms with E-state index in [4.69, 9.17) is 12.2 Å². The Morgan fingerprint density at radius 2 is 1.96 bits per heavy atom. The van der Waals surface area contributed by atoms with Crippen molar-refractivity contribution in [3.8, 4) is 0 Å². The Morgan fingerprint density at radius 3 is 2.58 bits per heavy atom. The maximum absolute atomic E-state index is 12.5. The van der Waals surface area contributed by atoms with Crippen LogP contribution < -0.4 is 5.43 Å². The number of hydrogen-bond acceptors (Lipinski definition) is 9. The Hall–Kier alpha value is -2.83. The standard InChI is InChI=1S/C14H8N4O5S3/c19-13-12(7-9-2-1-5-25-9)26-14(24)16(13)15-10-4-3-8(17(20)21)6-11(10)18(22)23/h1-7,15H/b12-7+. The zero-order chi connectivity index (χ0) is 18.8. The first-order valence-corrected chi connectivity index (χ1v) is 8.98. The lowest BCUT2D eigenvalue weighted by Gasteiger charge is -2.16. The maximum Gasteiger partial charge on any atom is 0.300 e. The number of hydrogen-bond donors (Lipinski definition) is 1. The van der Waals surface area contributed by atoms with Crippen molar-refractivity contribution < 1.29 is 14.6 Å². The molecule has 1 fully saturated rings. The highest BCUT2D eigenvalue weighted by molar-refractivity contribution is 8.26. The number of nitrogens with one attached hydrogen (secondary N) is 1. The van der Waals surface area contributed by atoms with Crippen molar-refractivity contribution >= 4 is 68.7 Å². The van der Waals surface area contributed by atoms with Crippen LogP contribution in [0.25, 0.3) is 6.08 Å². The number of nitro benzene ring substituents is 2. The summed E-state index contributed by atoms with van der Waals surface area (Å²) in [5, 5.41) is 24.9. The molecule has 1 aromatic heterocycles. The molecule has 1 aliphatic heterocycles. The first-order chi connectivity index (χ1) is 12.4. The number of nitro groups is 2. The van der Waals surface area contributed by atoms with Crippen molar-refractivity contribution in [2.75, 3.05) is 5.43 Å². The molecule has 1 amide bonds. The summed E-state index contributed by atoms with van der Waals surface area (Å²) in [6.45, 7) is 0. The minimum Gasteiger partial charge on any atom is -0.283 e. The quantitative estimate of drug-likeness (QED) is 0.343. The van der Waals surface area contributed by atoms with Gasteiger partial charge in [0.25, 0.3) is 11.6 Å². The Bertz CT molecular complexity index is 957. The van der Waals surface area contributed by atoms with Crippen molar-refractivity contribution in [3.05, 3.63) is 65.7 Å². The molecule has 1 aliphatic rings. The van der Waals surface area contributed by atoms with Gasteiger partial charge < -0.3 is 0 Å². The summed E-state index contributed by atoms with van der Waals surface area (Å²) in [5.41, 5.74) is 1.55. The topological polar surface area (TPSA) is 119 Å². The highest BCUT2D eigenvalue weighted by Crippen LogP contribution is 2.36. The van der Waals surface area contributed by atoms with Crippen LogP contribution in [0.15, 0.2) is 40.6 Å². The number of nitrogens with zero attached hydrogens (tertiary/aromatic N) is 3. The Kier molecular flexibility index (Phi) is 4.97. The van der Waals surface area contributed by atoms with Crippen LogP contribution in [0.1, 0.15) is 4.88 Å². The first-order valence-electron chi connectivity index (χ1n) is 6.88. The third-order valence-corrected chi connectivity index (χ3v) is 5.35. The van der Waals surface area contributed by atoms with Crippen molar-refractivity contribution in [1.82, 2.24) is 5.01 Å². The molecular weight excluding hydrogens is 400 g/mol. The molecule has 0 radical (unpaired) electrons. The average Bonchev–Trinajstić information content (AvgIpc) is 3.19. The fourth-order valence-corrected chi connectivity index (χ4v) is 3.97. The van der Waals surface area contributed by atoms with Crippen LogP contribution in [0.2, 0.25) is 0 Å². The van der Waals surface area contributed by atoms with Gasteiger partial charge in [0.2, 0.25) is 0 Å². The summed E-state index contributed by atoms with van der Waals surface area (Å²) < 4.78 is 0.172. The maximum atomic E-state index is 12.5. The third-order valence-electron chi connectivity index (χ3n) is 3.23. The second-order valence-corrected chi connectivity index (χ2v) is 7.52. The fourth-order valence-electron chi connectivity index (χ4n) is 2.07. The number of carbonyl (C=O) groups excluding carboxylic acids is 1. The highest BCUT2D eigenvalue weighted by atomic mass is 32.2. The normalized spacial score (nSPS) is 15.5. The predicted octanol–water partition coefficient (Wildman–Crippen LogP) is 3.79. The lowest BCUT2D eigenvalue weighted by molar-refractivity contribution is -0.393. The summed E-state index contributed by atoms with van der Waals surface area (Å²) in [6.07, 6.45) is 1.68. The second-order valence-electron chi connectivity index (χ2n) is 4.86. The van der Waals surface area contributed by atoms with Gasteiger partial charge in [-0.1, -0.05) is 17.8 Å². The van der Waals surface area contributed by atoms with Crippen LogP contribution in [0.4, 0.5) is 17.1 Å². The van der Waals surface area contributed by atoms with E-state index in [-0.39, 0.29) is 10.0 Å². The SMILES string of the molecule is O=C1/C(=C\c2cccs2)SC(=S)N1Nc1ccc([N+](=O)[O-])cc1[N+](=O)[O-]. The number of thiophene rings is 1. The smallest absolute Gasteiger partial charge is 0.283 e. The fraction of sp³-hybridized carbons (Fsp3) is 0. The molecule has 0 bridgehead atoms. The molecule has 1 saturated heterocycles. The van der Waals surface area contributed by atoms with E-state index >= 15 is 0 Å². The highest BCUT2D eigenvalue weighted by Gasteiger charge is 2.34. The van der Waals surface area contributed by atoms with Crippen LogP contribution in [-0.4, -0.2) is 25.1 Å². The molecule has 0 saturated carbocycles. The van der Waals surface area contributed by atoms with Crippen molar-refractivity contribution in [1.29, 1.82) is 0 Å². The molecule has 0 aliphatic carbocycles. The summed E-state index contributed by atoms with van der Waals surface area (Å²) in [4.78, 5) is 34.2. The molecule has 1 N–H and O–H groups in total. The van der Waals surface area contributed by atoms with Gasteiger partial charge >= 0.3 is 5.69 Å². The molecule has 9 nitrogen and oxygen atoms in total. The van der Waals surface area contributed by atoms with E-state index in [2.05, 4.69) is 5.43 Å². The van der Waals surface area contributed by atoms with Crippen molar-refractivity contribution in [2.45, 2.75) is 0 Å². The summed E-state index contributed by atoms with van der Waals surface area (Å²) >= 11 is 7.66. The largest absolute Gasteiger partial charge is 0.300 e. The number of rotatable bonds is 5. The number of amides is 1. The molecular formula is C14H8N4O5S3. The van der Waals surface area contributed by atoms with Crippen LogP contribution in [0.3, 0.4) is 0 Å². The van der Waals surface area contributed by atoms with Gasteiger partial charge in [0, 0.05) is 10.9 Å². The van der Waals surface area contributed by atoms with E-state index in [0.29, 0.717) is 4.91 Å². The summed E-state index contributed by atoms with van der Waals surface area (Å²) in [7, 11) is 0. The lowest BCUT2D eigenvalue weighted by Crippen LogP contribution is -2.34. The first kappa shape index (κ1) is 18.0. The number of anilines is 1. The van der Waals surface area contributed by atoms with Gasteiger partial charge in [-0.25, -0.2) is 5.01 Å². The third kappa shape index (κ3) is 3.56. The van der Waals surface area contributed by atoms with Crippen LogP contribution in [-0.2, 0) is 4.79 Å². The molecule has 2 heterocycles. The van der Waals surface area contributed by atoms with Crippen LogP contribution in [0, 0.1) is 20.2 Å². The van der Waals surface area contributed by atoms with Crippen LogP contribution >= 0.6 is 35.3 Å². The van der Waals surface area contributed by atoms with Gasteiger partial charge in [-0.3, -0.25) is 30.4 Å². The van der Waals surface area contributed by atoms with Crippen molar-refractivity contribution in [3.63, 3.8) is 0 Å². The average molecular weight is 408 g/mol. The van der Waals surface area contributed by atoms with Gasteiger partial charge in [0.15, 0.2) is 4.32 Å². The van der Waals surface area contributed by atoms with E-state index in [0.717, 1.165) is 39.8 Å². The predicted molar refractivity (Wildman–Crippen MR) is 103 cm³/mol. The van der Waals surface area contributed by atoms with Gasteiger partial charge in [0.05, 0.1) is 20.8 Å². The number of benzene rings is 1. The molecule has 132 valence electrons. The van der Waals surface area contributed by atoms with Gasteiger partial charge in [-0.2, -0.15) is 0 Å². The zero-order valence-corrected chi connectivity index (χ0v) is 15.1. The van der Waals surface area contributed by atoms with Crippen molar-refractivity contribution in [2.24, 2.45) is 0 Å². The molecule has 0 atom stereocenters. The molecule has 3 rings (SSSR count). The number of thioether (sulfide) groups is 1. The van der Waals surface area contributed by atoms with E-state index < -0.39 is 27.1 Å². The second kappa shape index (κ2) is 7.19. The molecule has 1 aromatic carbocycles. The van der Waals surface area contributed by atoms with E-state index in [1.807, 2.05) is 17.5 Å². The Balaban J connectivity index is 1.89. The number of carbonyl (C=O) groups is 1. The lowest BCUT2D eigenvalue weighted by atomic mass is 10.2. The van der Waals surface area contributed by atoms with Crippen LogP contribution in [0.5, 0.6) is 0 Å². The Morgan fingerprint density at radius 1 is 1.19 bits per heavy atom. The van der Waals surface area contributed by atoms with E-state index in [1.165, 1.54) is 11.3 Å². The monoisotopic (exact) mass is 408 g/mol. The minimum absolute atomic E-state index is 0.0747.